The summed E-state index contributed by atoms with van der Waals surface area (Å²) in [6.45, 7) is 5.47. The maximum atomic E-state index is 5.28. The molecule has 1 aromatic rings. The lowest BCUT2D eigenvalue weighted by Crippen LogP contribution is -2.27. The quantitative estimate of drug-likeness (QED) is 0.387. The van der Waals surface area contributed by atoms with E-state index in [0.717, 1.165) is 11.5 Å². The molecule has 3 N–H and O–H groups in total. The van der Waals surface area contributed by atoms with E-state index in [-0.39, 0.29) is 6.04 Å². The Bertz CT molecular complexity index is 272. The van der Waals surface area contributed by atoms with E-state index in [1.807, 2.05) is 6.92 Å². The SMILES string of the molecule is C=CC(NN)c1ccnc(C)n1. The van der Waals surface area contributed by atoms with Crippen LogP contribution in [0.2, 0.25) is 0 Å². The Morgan fingerprint density at radius 3 is 3.00 bits per heavy atom. The monoisotopic (exact) mass is 164 g/mol. The lowest BCUT2D eigenvalue weighted by atomic mass is 10.2. The molecule has 0 spiro atoms. The molecular formula is C8H12N4. The summed E-state index contributed by atoms with van der Waals surface area (Å²) < 4.78 is 0. The smallest absolute Gasteiger partial charge is 0.125 e. The van der Waals surface area contributed by atoms with Crippen LogP contribution in [0, 0.1) is 6.92 Å². The third kappa shape index (κ3) is 1.87. The van der Waals surface area contributed by atoms with Crippen LogP contribution in [-0.4, -0.2) is 9.97 Å². The third-order valence-corrected chi connectivity index (χ3v) is 1.53. The van der Waals surface area contributed by atoms with Crippen LogP contribution >= 0.6 is 0 Å². The Morgan fingerprint density at radius 2 is 2.50 bits per heavy atom. The average Bonchev–Trinajstić information content (AvgIpc) is 2.07. The molecule has 4 heteroatoms. The molecule has 12 heavy (non-hydrogen) atoms. The van der Waals surface area contributed by atoms with Crippen LogP contribution in [0.4, 0.5) is 0 Å². The van der Waals surface area contributed by atoms with Crippen molar-refractivity contribution >= 4 is 0 Å². The Labute approximate surface area is 71.5 Å². The molecule has 0 aromatic carbocycles. The second kappa shape index (κ2) is 3.94. The minimum Gasteiger partial charge on any atom is -0.271 e. The van der Waals surface area contributed by atoms with Gasteiger partial charge < -0.3 is 0 Å². The maximum absolute atomic E-state index is 5.28. The molecule has 1 rings (SSSR count). The summed E-state index contributed by atoms with van der Waals surface area (Å²) in [5.41, 5.74) is 3.42. The summed E-state index contributed by atoms with van der Waals surface area (Å²) >= 11 is 0. The predicted molar refractivity (Wildman–Crippen MR) is 47.0 cm³/mol. The largest absolute Gasteiger partial charge is 0.271 e. The average molecular weight is 164 g/mol. The topological polar surface area (TPSA) is 63.8 Å². The van der Waals surface area contributed by atoms with Crippen molar-refractivity contribution < 1.29 is 0 Å². The minimum atomic E-state index is -0.105. The van der Waals surface area contributed by atoms with Gasteiger partial charge in [-0.25, -0.2) is 15.4 Å². The van der Waals surface area contributed by atoms with Gasteiger partial charge in [0.15, 0.2) is 0 Å². The molecule has 1 unspecified atom stereocenters. The van der Waals surface area contributed by atoms with E-state index in [0.29, 0.717) is 0 Å². The molecule has 0 amide bonds. The van der Waals surface area contributed by atoms with Crippen LogP contribution in [0.25, 0.3) is 0 Å². The number of aromatic nitrogens is 2. The molecule has 0 aliphatic carbocycles. The van der Waals surface area contributed by atoms with Gasteiger partial charge in [0.25, 0.3) is 0 Å². The minimum absolute atomic E-state index is 0.105. The Kier molecular flexibility index (Phi) is 2.90. The van der Waals surface area contributed by atoms with Crippen molar-refractivity contribution in [3.05, 3.63) is 36.4 Å². The van der Waals surface area contributed by atoms with Gasteiger partial charge in [-0.1, -0.05) is 6.08 Å². The zero-order valence-electron chi connectivity index (χ0n) is 6.99. The van der Waals surface area contributed by atoms with Gasteiger partial charge in [0.1, 0.15) is 5.82 Å². The number of hydrogen-bond acceptors (Lipinski definition) is 4. The normalized spacial score (nSPS) is 12.5. The zero-order chi connectivity index (χ0) is 8.97. The van der Waals surface area contributed by atoms with Crippen molar-refractivity contribution in [1.29, 1.82) is 0 Å². The van der Waals surface area contributed by atoms with Crippen LogP contribution in [-0.2, 0) is 0 Å². The van der Waals surface area contributed by atoms with Gasteiger partial charge >= 0.3 is 0 Å². The molecular weight excluding hydrogens is 152 g/mol. The summed E-state index contributed by atoms with van der Waals surface area (Å²) in [7, 11) is 0. The van der Waals surface area contributed by atoms with Crippen molar-refractivity contribution in [1.82, 2.24) is 15.4 Å². The van der Waals surface area contributed by atoms with E-state index in [1.165, 1.54) is 0 Å². The van der Waals surface area contributed by atoms with Crippen molar-refractivity contribution in [2.45, 2.75) is 13.0 Å². The molecule has 0 bridgehead atoms. The van der Waals surface area contributed by atoms with Crippen LogP contribution in [0.1, 0.15) is 17.6 Å². The molecule has 0 saturated heterocycles. The van der Waals surface area contributed by atoms with E-state index in [9.17, 15) is 0 Å². The van der Waals surface area contributed by atoms with Crippen LogP contribution in [0.5, 0.6) is 0 Å². The number of nitrogens with one attached hydrogen (secondary N) is 1. The highest BCUT2D eigenvalue weighted by atomic mass is 15.2. The first-order valence-electron chi connectivity index (χ1n) is 3.66. The lowest BCUT2D eigenvalue weighted by molar-refractivity contribution is 0.635. The molecule has 0 fully saturated rings. The molecule has 0 aliphatic rings. The Balaban J connectivity index is 2.93. The highest BCUT2D eigenvalue weighted by Crippen LogP contribution is 2.08. The first-order chi connectivity index (χ1) is 5.77. The molecule has 64 valence electrons. The predicted octanol–water partition coefficient (Wildman–Crippen LogP) is 0.475. The van der Waals surface area contributed by atoms with Crippen molar-refractivity contribution in [2.24, 2.45) is 5.84 Å². The number of aryl methyl sites for hydroxylation is 1. The number of nitrogens with zero attached hydrogens (tertiary/aromatic N) is 2. The Morgan fingerprint density at radius 1 is 1.75 bits per heavy atom. The standard InChI is InChI=1S/C8H12N4/c1-3-7(12-9)8-4-5-10-6(2)11-8/h3-5,7,12H,1,9H2,2H3. The second-order valence-electron chi connectivity index (χ2n) is 2.41. The molecule has 0 saturated carbocycles. The summed E-state index contributed by atoms with van der Waals surface area (Å²) in [6, 6.07) is 1.70. The lowest BCUT2D eigenvalue weighted by Gasteiger charge is -2.09. The zero-order valence-corrected chi connectivity index (χ0v) is 6.99. The number of hydrazine groups is 1. The van der Waals surface area contributed by atoms with Gasteiger partial charge in [-0.15, -0.1) is 6.58 Å². The fourth-order valence-corrected chi connectivity index (χ4v) is 0.922. The van der Waals surface area contributed by atoms with Crippen molar-refractivity contribution in [3.63, 3.8) is 0 Å². The first kappa shape index (κ1) is 8.83. The maximum Gasteiger partial charge on any atom is 0.125 e. The first-order valence-corrected chi connectivity index (χ1v) is 3.66. The van der Waals surface area contributed by atoms with Gasteiger partial charge in [0.05, 0.1) is 11.7 Å². The van der Waals surface area contributed by atoms with Gasteiger partial charge in [0.2, 0.25) is 0 Å². The molecule has 0 aliphatic heterocycles. The van der Waals surface area contributed by atoms with Gasteiger partial charge in [-0.2, -0.15) is 0 Å². The fourth-order valence-electron chi connectivity index (χ4n) is 0.922. The highest BCUT2D eigenvalue weighted by molar-refractivity contribution is 5.11. The molecule has 1 aromatic heterocycles. The van der Waals surface area contributed by atoms with Gasteiger partial charge in [-0.3, -0.25) is 5.84 Å². The summed E-state index contributed by atoms with van der Waals surface area (Å²) in [6.07, 6.45) is 3.40. The van der Waals surface area contributed by atoms with E-state index in [4.69, 9.17) is 5.84 Å². The van der Waals surface area contributed by atoms with Crippen LogP contribution in [0.3, 0.4) is 0 Å². The number of nitrogens with two attached hydrogens (primary N) is 1. The van der Waals surface area contributed by atoms with Crippen molar-refractivity contribution in [3.8, 4) is 0 Å². The van der Waals surface area contributed by atoms with Crippen molar-refractivity contribution in [2.75, 3.05) is 0 Å². The summed E-state index contributed by atoms with van der Waals surface area (Å²) in [4.78, 5) is 8.17. The summed E-state index contributed by atoms with van der Waals surface area (Å²) in [5.74, 6) is 6.01. The van der Waals surface area contributed by atoms with E-state index < -0.39 is 0 Å². The number of hydrogen-bond donors (Lipinski definition) is 2. The van der Waals surface area contributed by atoms with E-state index in [1.54, 1.807) is 18.3 Å². The van der Waals surface area contributed by atoms with Crippen LogP contribution < -0.4 is 11.3 Å². The van der Waals surface area contributed by atoms with Crippen LogP contribution in [0.15, 0.2) is 24.9 Å². The van der Waals surface area contributed by atoms with Gasteiger partial charge in [-0.05, 0) is 13.0 Å². The molecule has 1 heterocycles. The second-order valence-corrected chi connectivity index (χ2v) is 2.41. The molecule has 4 nitrogen and oxygen atoms in total. The third-order valence-electron chi connectivity index (χ3n) is 1.53. The summed E-state index contributed by atoms with van der Waals surface area (Å²) in [5, 5.41) is 0. The molecule has 0 radical (unpaired) electrons. The molecule has 1 atom stereocenters. The fraction of sp³-hybridized carbons (Fsp3) is 0.250. The van der Waals surface area contributed by atoms with E-state index in [2.05, 4.69) is 22.0 Å². The Hall–Kier alpha value is -1.26. The highest BCUT2D eigenvalue weighted by Gasteiger charge is 2.05. The van der Waals surface area contributed by atoms with E-state index >= 15 is 0 Å². The van der Waals surface area contributed by atoms with Gasteiger partial charge in [0, 0.05) is 6.20 Å². The number of rotatable bonds is 3.